The van der Waals surface area contributed by atoms with Gasteiger partial charge in [0.25, 0.3) is 5.91 Å². The van der Waals surface area contributed by atoms with Crippen molar-refractivity contribution in [2.75, 3.05) is 12.4 Å². The predicted octanol–water partition coefficient (Wildman–Crippen LogP) is 3.35. The van der Waals surface area contributed by atoms with Gasteiger partial charge in [0.2, 0.25) is 10.0 Å². The van der Waals surface area contributed by atoms with Crippen LogP contribution >= 0.6 is 0 Å². The van der Waals surface area contributed by atoms with E-state index < -0.39 is 10.0 Å². The summed E-state index contributed by atoms with van der Waals surface area (Å²) < 4.78 is 28.4. The summed E-state index contributed by atoms with van der Waals surface area (Å²) in [6.07, 6.45) is 4.71. The molecular formula is C23H27N3O3S. The molecule has 2 aliphatic carbocycles. The number of amides is 1. The van der Waals surface area contributed by atoms with E-state index in [-0.39, 0.29) is 16.8 Å². The summed E-state index contributed by atoms with van der Waals surface area (Å²) >= 11 is 0. The van der Waals surface area contributed by atoms with E-state index in [1.807, 2.05) is 24.3 Å². The Morgan fingerprint density at radius 2 is 1.77 bits per heavy atom. The van der Waals surface area contributed by atoms with Crippen LogP contribution in [0.25, 0.3) is 0 Å². The Balaban J connectivity index is 1.41. The summed E-state index contributed by atoms with van der Waals surface area (Å²) in [5.74, 6) is 1.12. The second kappa shape index (κ2) is 7.39. The van der Waals surface area contributed by atoms with Gasteiger partial charge in [-0.15, -0.1) is 0 Å². The molecule has 0 spiro atoms. The second-order valence-corrected chi connectivity index (χ2v) is 10.7. The smallest absolute Gasteiger partial charge is 0.251 e. The fourth-order valence-corrected chi connectivity index (χ4v) is 6.99. The number of sulfonamides is 1. The SMILES string of the molecule is CNc1ccc(C(=O)N[C@@H]2C[C@@H]3CC[C@@H]2C3)cc1S(=O)(=O)N1Cc2ccccc2C1. The monoisotopic (exact) mass is 425 g/mol. The van der Waals surface area contributed by atoms with E-state index in [0.29, 0.717) is 30.3 Å². The third-order valence-electron chi connectivity index (χ3n) is 7.00. The lowest BCUT2D eigenvalue weighted by molar-refractivity contribution is 0.0922. The molecule has 2 fully saturated rings. The Morgan fingerprint density at radius 1 is 1.03 bits per heavy atom. The highest BCUT2D eigenvalue weighted by molar-refractivity contribution is 7.89. The molecule has 5 rings (SSSR count). The lowest BCUT2D eigenvalue weighted by Crippen LogP contribution is -2.38. The lowest BCUT2D eigenvalue weighted by Gasteiger charge is -2.23. The molecule has 2 aromatic carbocycles. The highest BCUT2D eigenvalue weighted by Crippen LogP contribution is 2.44. The van der Waals surface area contributed by atoms with Crippen LogP contribution in [0.15, 0.2) is 47.4 Å². The van der Waals surface area contributed by atoms with Gasteiger partial charge in [-0.2, -0.15) is 4.31 Å². The van der Waals surface area contributed by atoms with E-state index >= 15 is 0 Å². The molecule has 3 atom stereocenters. The van der Waals surface area contributed by atoms with Crippen molar-refractivity contribution in [3.05, 3.63) is 59.2 Å². The number of benzene rings is 2. The minimum atomic E-state index is -3.75. The topological polar surface area (TPSA) is 78.5 Å². The van der Waals surface area contributed by atoms with Gasteiger partial charge < -0.3 is 10.6 Å². The average Bonchev–Trinajstić information content (AvgIpc) is 3.48. The van der Waals surface area contributed by atoms with Gasteiger partial charge in [-0.1, -0.05) is 30.7 Å². The van der Waals surface area contributed by atoms with Gasteiger partial charge in [-0.05, 0) is 60.4 Å². The Hall–Kier alpha value is -2.38. The molecule has 2 N–H and O–H groups in total. The molecule has 2 bridgehead atoms. The Kier molecular flexibility index (Phi) is 4.82. The third kappa shape index (κ3) is 3.30. The molecule has 3 aliphatic rings. The zero-order valence-electron chi connectivity index (χ0n) is 17.1. The molecule has 0 saturated heterocycles. The van der Waals surface area contributed by atoms with Crippen LogP contribution in [-0.2, 0) is 23.1 Å². The van der Waals surface area contributed by atoms with Crippen LogP contribution in [-0.4, -0.2) is 31.7 Å². The highest BCUT2D eigenvalue weighted by Gasteiger charge is 2.40. The average molecular weight is 426 g/mol. The van der Waals surface area contributed by atoms with Crippen molar-refractivity contribution >= 4 is 21.6 Å². The molecule has 2 saturated carbocycles. The molecule has 1 aliphatic heterocycles. The zero-order chi connectivity index (χ0) is 20.9. The van der Waals surface area contributed by atoms with E-state index in [1.165, 1.54) is 29.6 Å². The summed E-state index contributed by atoms with van der Waals surface area (Å²) in [6, 6.07) is 12.9. The minimum Gasteiger partial charge on any atom is -0.387 e. The number of carbonyl (C=O) groups excluding carboxylic acids is 1. The van der Waals surface area contributed by atoms with E-state index in [1.54, 1.807) is 19.2 Å². The minimum absolute atomic E-state index is 0.151. The predicted molar refractivity (Wildman–Crippen MR) is 116 cm³/mol. The number of hydrogen-bond acceptors (Lipinski definition) is 4. The second-order valence-electron chi connectivity index (χ2n) is 8.76. The van der Waals surface area contributed by atoms with Crippen molar-refractivity contribution in [2.45, 2.75) is 49.7 Å². The highest BCUT2D eigenvalue weighted by atomic mass is 32.2. The number of nitrogens with one attached hydrogen (secondary N) is 2. The van der Waals surface area contributed by atoms with Crippen molar-refractivity contribution in [3.63, 3.8) is 0 Å². The van der Waals surface area contributed by atoms with Gasteiger partial charge in [-0.3, -0.25) is 4.79 Å². The van der Waals surface area contributed by atoms with Gasteiger partial charge in [-0.25, -0.2) is 8.42 Å². The molecule has 0 unspecified atom stereocenters. The van der Waals surface area contributed by atoms with Gasteiger partial charge in [0.15, 0.2) is 0 Å². The first-order chi connectivity index (χ1) is 14.5. The summed E-state index contributed by atoms with van der Waals surface area (Å²) in [5.41, 5.74) is 2.95. The molecule has 0 aromatic heterocycles. The van der Waals surface area contributed by atoms with Gasteiger partial charge in [0, 0.05) is 31.7 Å². The van der Waals surface area contributed by atoms with E-state index in [9.17, 15) is 13.2 Å². The standard InChI is InChI=1S/C23H27N3O3S/c1-24-20-9-8-17(23(27)25-21-11-15-6-7-16(21)10-15)12-22(20)30(28,29)26-13-18-4-2-3-5-19(18)14-26/h2-5,8-9,12,15-16,21,24H,6-7,10-11,13-14H2,1H3,(H,25,27)/t15-,16-,21-/m1/s1. The molecular weight excluding hydrogens is 398 g/mol. The zero-order valence-corrected chi connectivity index (χ0v) is 17.9. The van der Waals surface area contributed by atoms with Crippen LogP contribution < -0.4 is 10.6 Å². The van der Waals surface area contributed by atoms with Gasteiger partial charge >= 0.3 is 0 Å². The molecule has 7 heteroatoms. The van der Waals surface area contributed by atoms with Crippen LogP contribution in [0.2, 0.25) is 0 Å². The van der Waals surface area contributed by atoms with E-state index in [2.05, 4.69) is 10.6 Å². The first-order valence-electron chi connectivity index (χ1n) is 10.7. The lowest BCUT2D eigenvalue weighted by atomic mass is 9.95. The van der Waals surface area contributed by atoms with Crippen molar-refractivity contribution in [3.8, 4) is 0 Å². The fraction of sp³-hybridized carbons (Fsp3) is 0.435. The summed E-state index contributed by atoms with van der Waals surface area (Å²) in [6.45, 7) is 0.701. The van der Waals surface area contributed by atoms with E-state index in [0.717, 1.165) is 23.5 Å². The molecule has 1 heterocycles. The maximum atomic E-state index is 13.5. The fourth-order valence-electron chi connectivity index (χ4n) is 5.37. The quantitative estimate of drug-likeness (QED) is 0.770. The normalized spacial score (nSPS) is 25.3. The van der Waals surface area contributed by atoms with Crippen LogP contribution in [0.5, 0.6) is 0 Å². The maximum Gasteiger partial charge on any atom is 0.251 e. The van der Waals surface area contributed by atoms with E-state index in [4.69, 9.17) is 0 Å². The summed E-state index contributed by atoms with van der Waals surface area (Å²) in [5, 5.41) is 6.13. The first-order valence-corrected chi connectivity index (χ1v) is 12.1. The third-order valence-corrected chi connectivity index (χ3v) is 8.83. The molecule has 6 nitrogen and oxygen atoms in total. The van der Waals surface area contributed by atoms with Crippen LogP contribution in [0.4, 0.5) is 5.69 Å². The molecule has 30 heavy (non-hydrogen) atoms. The Bertz CT molecular complexity index is 1070. The van der Waals surface area contributed by atoms with Crippen LogP contribution in [0.3, 0.4) is 0 Å². The summed E-state index contributed by atoms with van der Waals surface area (Å²) in [4.78, 5) is 13.1. The largest absolute Gasteiger partial charge is 0.387 e. The number of anilines is 1. The number of fused-ring (bicyclic) bond motifs is 3. The van der Waals surface area contributed by atoms with Crippen molar-refractivity contribution in [1.82, 2.24) is 9.62 Å². The van der Waals surface area contributed by atoms with Gasteiger partial charge in [0.1, 0.15) is 4.90 Å². The van der Waals surface area contributed by atoms with Crippen molar-refractivity contribution in [2.24, 2.45) is 11.8 Å². The van der Waals surface area contributed by atoms with Crippen LogP contribution in [0.1, 0.15) is 47.2 Å². The molecule has 0 radical (unpaired) electrons. The van der Waals surface area contributed by atoms with Crippen LogP contribution in [0, 0.1) is 11.8 Å². The number of nitrogens with zero attached hydrogens (tertiary/aromatic N) is 1. The maximum absolute atomic E-state index is 13.5. The van der Waals surface area contributed by atoms with Crippen molar-refractivity contribution < 1.29 is 13.2 Å². The Labute approximate surface area is 177 Å². The number of carbonyl (C=O) groups is 1. The van der Waals surface area contributed by atoms with Crippen molar-refractivity contribution in [1.29, 1.82) is 0 Å². The number of rotatable bonds is 5. The summed E-state index contributed by atoms with van der Waals surface area (Å²) in [7, 11) is -2.05. The molecule has 1 amide bonds. The molecule has 2 aromatic rings. The number of hydrogen-bond donors (Lipinski definition) is 2. The first kappa shape index (κ1) is 19.6. The molecule has 158 valence electrons. The van der Waals surface area contributed by atoms with Gasteiger partial charge in [0.05, 0.1) is 5.69 Å². The Morgan fingerprint density at radius 3 is 2.37 bits per heavy atom.